The predicted octanol–water partition coefficient (Wildman–Crippen LogP) is 2.82. The molecule has 1 saturated carbocycles. The molecular formula is C15H27NO3. The monoisotopic (exact) mass is 269 g/mol. The molecule has 0 aromatic heterocycles. The van der Waals surface area contributed by atoms with E-state index < -0.39 is 11.9 Å². The van der Waals surface area contributed by atoms with Gasteiger partial charge in [-0.05, 0) is 18.8 Å². The number of carbonyl (C=O) groups is 2. The highest BCUT2D eigenvalue weighted by molar-refractivity contribution is 5.80. The van der Waals surface area contributed by atoms with E-state index in [1.165, 1.54) is 0 Å². The van der Waals surface area contributed by atoms with Crippen LogP contribution in [0.5, 0.6) is 0 Å². The lowest BCUT2D eigenvalue weighted by Crippen LogP contribution is -2.45. The van der Waals surface area contributed by atoms with Crippen molar-refractivity contribution in [2.75, 3.05) is 0 Å². The van der Waals surface area contributed by atoms with Crippen molar-refractivity contribution in [3.05, 3.63) is 0 Å². The van der Waals surface area contributed by atoms with Gasteiger partial charge in [-0.25, -0.2) is 0 Å². The van der Waals surface area contributed by atoms with E-state index in [-0.39, 0.29) is 17.9 Å². The van der Waals surface area contributed by atoms with Crippen molar-refractivity contribution in [1.29, 1.82) is 0 Å². The Kier molecular flexibility index (Phi) is 6.32. The van der Waals surface area contributed by atoms with Gasteiger partial charge in [0.2, 0.25) is 5.91 Å². The van der Waals surface area contributed by atoms with Gasteiger partial charge >= 0.3 is 5.97 Å². The maximum absolute atomic E-state index is 12.2. The normalized spacial score (nSPS) is 27.1. The van der Waals surface area contributed by atoms with Gasteiger partial charge in [-0.2, -0.15) is 0 Å². The molecule has 4 heteroatoms. The lowest BCUT2D eigenvalue weighted by atomic mass is 9.90. The van der Waals surface area contributed by atoms with E-state index in [4.69, 9.17) is 0 Å². The second-order valence-corrected chi connectivity index (χ2v) is 5.87. The largest absolute Gasteiger partial charge is 0.481 e. The highest BCUT2D eigenvalue weighted by Gasteiger charge is 2.32. The Balaban J connectivity index is 2.65. The first-order valence-corrected chi connectivity index (χ1v) is 7.50. The first-order chi connectivity index (χ1) is 8.97. The van der Waals surface area contributed by atoms with Crippen molar-refractivity contribution < 1.29 is 14.7 Å². The van der Waals surface area contributed by atoms with Crippen LogP contribution in [0.4, 0.5) is 0 Å². The molecule has 1 rings (SSSR count). The molecular weight excluding hydrogens is 242 g/mol. The molecule has 110 valence electrons. The average Bonchev–Trinajstić information content (AvgIpc) is 2.62. The third-order valence-corrected chi connectivity index (χ3v) is 4.57. The zero-order valence-electron chi connectivity index (χ0n) is 12.3. The molecule has 0 spiro atoms. The van der Waals surface area contributed by atoms with Gasteiger partial charge in [-0.3, -0.25) is 9.59 Å². The summed E-state index contributed by atoms with van der Waals surface area (Å²) in [6, 6.07) is -0.195. The van der Waals surface area contributed by atoms with Crippen molar-refractivity contribution in [1.82, 2.24) is 5.32 Å². The average molecular weight is 269 g/mol. The number of hydrogen-bond donors (Lipinski definition) is 2. The minimum atomic E-state index is -0.775. The van der Waals surface area contributed by atoms with E-state index >= 15 is 0 Å². The summed E-state index contributed by atoms with van der Waals surface area (Å²) in [6.07, 6.45) is 5.45. The first kappa shape index (κ1) is 16.0. The summed E-state index contributed by atoms with van der Waals surface area (Å²) in [5.41, 5.74) is 0. The minimum Gasteiger partial charge on any atom is -0.481 e. The number of carboxylic acids is 1. The molecule has 0 heterocycles. The number of carbonyl (C=O) groups excluding carboxylic acids is 1. The fourth-order valence-electron chi connectivity index (χ4n) is 2.70. The van der Waals surface area contributed by atoms with Gasteiger partial charge in [0.15, 0.2) is 0 Å². The smallest absolute Gasteiger partial charge is 0.308 e. The third kappa shape index (κ3) is 4.51. The zero-order valence-corrected chi connectivity index (χ0v) is 12.3. The van der Waals surface area contributed by atoms with E-state index in [0.717, 1.165) is 32.1 Å². The van der Waals surface area contributed by atoms with Crippen molar-refractivity contribution in [3.63, 3.8) is 0 Å². The molecule has 4 nitrogen and oxygen atoms in total. The van der Waals surface area contributed by atoms with Crippen LogP contribution in [0.3, 0.4) is 0 Å². The fraction of sp³-hybridized carbons (Fsp3) is 0.867. The lowest BCUT2D eigenvalue weighted by molar-refractivity contribution is -0.143. The standard InChI is InChI=1S/C15H27NO3/c1-4-10(2)11(3)14(17)16-13-9-7-5-6-8-12(13)15(18)19/h10-13H,4-9H2,1-3H3,(H,16,17)(H,18,19)/t10?,11?,12-,13+/m1/s1. The van der Waals surface area contributed by atoms with Crippen LogP contribution in [0.15, 0.2) is 0 Å². The van der Waals surface area contributed by atoms with E-state index in [9.17, 15) is 14.7 Å². The SMILES string of the molecule is CCC(C)C(C)C(=O)N[C@H]1CCCCC[C@H]1C(=O)O. The zero-order chi connectivity index (χ0) is 14.4. The highest BCUT2D eigenvalue weighted by atomic mass is 16.4. The molecule has 0 saturated heterocycles. The van der Waals surface area contributed by atoms with E-state index in [1.54, 1.807) is 0 Å². The van der Waals surface area contributed by atoms with Crippen molar-refractivity contribution >= 4 is 11.9 Å². The Labute approximate surface area is 116 Å². The van der Waals surface area contributed by atoms with Crippen molar-refractivity contribution in [2.24, 2.45) is 17.8 Å². The number of amides is 1. The maximum atomic E-state index is 12.2. The van der Waals surface area contributed by atoms with Crippen LogP contribution in [0.1, 0.15) is 59.3 Å². The van der Waals surface area contributed by atoms with E-state index in [0.29, 0.717) is 12.3 Å². The molecule has 4 atom stereocenters. The molecule has 0 aliphatic heterocycles. The van der Waals surface area contributed by atoms with E-state index in [1.807, 2.05) is 6.92 Å². The van der Waals surface area contributed by atoms with Gasteiger partial charge in [0.25, 0.3) is 0 Å². The summed E-state index contributed by atoms with van der Waals surface area (Å²) >= 11 is 0. The molecule has 1 fully saturated rings. The number of nitrogens with one attached hydrogen (secondary N) is 1. The van der Waals surface area contributed by atoms with Crippen molar-refractivity contribution in [2.45, 2.75) is 65.3 Å². The quantitative estimate of drug-likeness (QED) is 0.754. The molecule has 0 radical (unpaired) electrons. The predicted molar refractivity (Wildman–Crippen MR) is 74.8 cm³/mol. The molecule has 0 aromatic rings. The van der Waals surface area contributed by atoms with Gasteiger partial charge in [0.05, 0.1) is 5.92 Å². The van der Waals surface area contributed by atoms with Gasteiger partial charge in [0, 0.05) is 12.0 Å². The summed E-state index contributed by atoms with van der Waals surface area (Å²) in [4.78, 5) is 23.5. The van der Waals surface area contributed by atoms with Crippen LogP contribution in [0, 0.1) is 17.8 Å². The molecule has 1 aliphatic carbocycles. The minimum absolute atomic E-state index is 0.00694. The number of rotatable bonds is 5. The highest BCUT2D eigenvalue weighted by Crippen LogP contribution is 2.25. The maximum Gasteiger partial charge on any atom is 0.308 e. The summed E-state index contributed by atoms with van der Waals surface area (Å²) in [6.45, 7) is 6.06. The number of aliphatic carboxylic acids is 1. The Morgan fingerprint density at radius 3 is 2.42 bits per heavy atom. The topological polar surface area (TPSA) is 66.4 Å². The first-order valence-electron chi connectivity index (χ1n) is 7.50. The van der Waals surface area contributed by atoms with Crippen LogP contribution in [-0.4, -0.2) is 23.0 Å². The van der Waals surface area contributed by atoms with Crippen LogP contribution in [-0.2, 0) is 9.59 Å². The van der Waals surface area contributed by atoms with Crippen molar-refractivity contribution in [3.8, 4) is 0 Å². The summed E-state index contributed by atoms with van der Waals surface area (Å²) in [7, 11) is 0. The molecule has 2 N–H and O–H groups in total. The van der Waals surface area contributed by atoms with Gasteiger partial charge in [-0.15, -0.1) is 0 Å². The molecule has 0 aromatic carbocycles. The summed E-state index contributed by atoms with van der Waals surface area (Å²) < 4.78 is 0. The molecule has 2 unspecified atom stereocenters. The Morgan fingerprint density at radius 2 is 1.84 bits per heavy atom. The summed E-state index contributed by atoms with van der Waals surface area (Å²) in [5.74, 6) is -0.914. The van der Waals surface area contributed by atoms with Gasteiger partial charge in [-0.1, -0.05) is 46.5 Å². The van der Waals surface area contributed by atoms with Crippen LogP contribution in [0.25, 0.3) is 0 Å². The third-order valence-electron chi connectivity index (χ3n) is 4.57. The molecule has 1 amide bonds. The molecule has 1 aliphatic rings. The Morgan fingerprint density at radius 1 is 1.21 bits per heavy atom. The van der Waals surface area contributed by atoms with Gasteiger partial charge < -0.3 is 10.4 Å². The number of carboxylic acid groups (broad SMARTS) is 1. The second-order valence-electron chi connectivity index (χ2n) is 5.87. The van der Waals surface area contributed by atoms with Crippen LogP contribution < -0.4 is 5.32 Å². The fourth-order valence-corrected chi connectivity index (χ4v) is 2.70. The van der Waals surface area contributed by atoms with Gasteiger partial charge in [0.1, 0.15) is 0 Å². The Bertz CT molecular complexity index is 317. The van der Waals surface area contributed by atoms with Crippen LogP contribution in [0.2, 0.25) is 0 Å². The lowest BCUT2D eigenvalue weighted by Gasteiger charge is -2.26. The second kappa shape index (κ2) is 7.51. The summed E-state index contributed by atoms with van der Waals surface area (Å²) in [5, 5.41) is 12.3. The molecule has 0 bridgehead atoms. The van der Waals surface area contributed by atoms with Crippen LogP contribution >= 0.6 is 0 Å². The van der Waals surface area contributed by atoms with E-state index in [2.05, 4.69) is 19.2 Å². The number of hydrogen-bond acceptors (Lipinski definition) is 2. The molecule has 19 heavy (non-hydrogen) atoms. The Hall–Kier alpha value is -1.06.